The Morgan fingerprint density at radius 2 is 2.00 bits per heavy atom. The molecular weight excluding hydrogens is 266 g/mol. The van der Waals surface area contributed by atoms with Crippen LogP contribution in [0.5, 0.6) is 0 Å². The normalized spacial score (nSPS) is 10.0. The number of aromatic nitrogens is 1. The van der Waals surface area contributed by atoms with E-state index in [1.165, 1.54) is 11.8 Å². The maximum Gasteiger partial charge on any atom is 0.121 e. The number of thioether (sulfide) groups is 1. The molecule has 0 aliphatic rings. The third-order valence-electron chi connectivity index (χ3n) is 2.36. The highest BCUT2D eigenvalue weighted by atomic mass is 35.5. The topological polar surface area (TPSA) is 62.7 Å². The molecule has 0 aliphatic heterocycles. The van der Waals surface area contributed by atoms with Gasteiger partial charge in [-0.05, 0) is 23.8 Å². The number of hydrogen-bond donors (Lipinski definition) is 1. The van der Waals surface area contributed by atoms with Crippen LogP contribution in [0.2, 0.25) is 5.02 Å². The lowest BCUT2D eigenvalue weighted by Gasteiger charge is -2.05. The fourth-order valence-electron chi connectivity index (χ4n) is 1.40. The van der Waals surface area contributed by atoms with Gasteiger partial charge in [-0.25, -0.2) is 4.98 Å². The first-order chi connectivity index (χ1) is 8.70. The highest BCUT2D eigenvalue weighted by Gasteiger charge is 2.06. The van der Waals surface area contributed by atoms with Gasteiger partial charge in [0.25, 0.3) is 0 Å². The maximum absolute atomic E-state index is 8.88. The summed E-state index contributed by atoms with van der Waals surface area (Å²) in [6.07, 6.45) is 1.60. The van der Waals surface area contributed by atoms with Gasteiger partial charge in [-0.15, -0.1) is 0 Å². The molecule has 0 fully saturated rings. The summed E-state index contributed by atoms with van der Waals surface area (Å²) in [5.74, 6) is 0.739. The van der Waals surface area contributed by atoms with Crippen LogP contribution in [0.15, 0.2) is 41.6 Å². The lowest BCUT2D eigenvalue weighted by Crippen LogP contribution is -1.95. The van der Waals surface area contributed by atoms with Crippen molar-refractivity contribution >= 4 is 29.1 Å². The Balaban J connectivity index is 2.11. The van der Waals surface area contributed by atoms with E-state index in [9.17, 15) is 0 Å². The zero-order chi connectivity index (χ0) is 13.0. The van der Waals surface area contributed by atoms with E-state index in [2.05, 4.69) is 4.98 Å². The first-order valence-electron chi connectivity index (χ1n) is 5.22. The predicted octanol–water partition coefficient (Wildman–Crippen LogP) is 3.48. The molecule has 2 rings (SSSR count). The van der Waals surface area contributed by atoms with E-state index in [0.29, 0.717) is 21.3 Å². The Morgan fingerprint density at radius 3 is 2.67 bits per heavy atom. The van der Waals surface area contributed by atoms with Crippen molar-refractivity contribution in [3.8, 4) is 6.07 Å². The van der Waals surface area contributed by atoms with E-state index in [1.54, 1.807) is 12.3 Å². The number of pyridine rings is 1. The molecule has 0 radical (unpaired) electrons. The Bertz CT molecular complexity index is 590. The van der Waals surface area contributed by atoms with Crippen LogP contribution in [0, 0.1) is 11.3 Å². The van der Waals surface area contributed by atoms with Gasteiger partial charge in [-0.3, -0.25) is 0 Å². The van der Waals surface area contributed by atoms with Crippen molar-refractivity contribution in [2.45, 2.75) is 10.8 Å². The molecule has 5 heteroatoms. The minimum absolute atomic E-state index is 0.443. The summed E-state index contributed by atoms with van der Waals surface area (Å²) in [4.78, 5) is 4.18. The van der Waals surface area contributed by atoms with Gasteiger partial charge < -0.3 is 5.73 Å². The number of nitrogen functional groups attached to an aromatic ring is 1. The van der Waals surface area contributed by atoms with Crippen LogP contribution >= 0.6 is 23.4 Å². The molecule has 0 spiro atoms. The van der Waals surface area contributed by atoms with Crippen LogP contribution in [0.3, 0.4) is 0 Å². The fraction of sp³-hybridized carbons (Fsp3) is 0.0769. The lowest BCUT2D eigenvalue weighted by atomic mass is 10.2. The van der Waals surface area contributed by atoms with Crippen molar-refractivity contribution in [1.29, 1.82) is 5.26 Å². The number of nitrogens with zero attached hydrogens (tertiary/aromatic N) is 2. The number of nitriles is 1. The molecular formula is C13H10ClN3S. The molecule has 18 heavy (non-hydrogen) atoms. The van der Waals surface area contributed by atoms with Gasteiger partial charge in [0.05, 0.1) is 11.3 Å². The number of benzene rings is 1. The zero-order valence-corrected chi connectivity index (χ0v) is 11.0. The molecule has 90 valence electrons. The van der Waals surface area contributed by atoms with Gasteiger partial charge in [-0.2, -0.15) is 5.26 Å². The summed E-state index contributed by atoms with van der Waals surface area (Å²) in [7, 11) is 0. The van der Waals surface area contributed by atoms with Crippen LogP contribution in [0.25, 0.3) is 0 Å². The molecule has 0 unspecified atom stereocenters. The molecule has 1 aromatic carbocycles. The van der Waals surface area contributed by atoms with Crippen LogP contribution in [0.4, 0.5) is 5.69 Å². The average molecular weight is 276 g/mol. The second-order valence-corrected chi connectivity index (χ2v) is 5.00. The van der Waals surface area contributed by atoms with Crippen molar-refractivity contribution in [2.75, 3.05) is 5.73 Å². The minimum atomic E-state index is 0.443. The summed E-state index contributed by atoms with van der Waals surface area (Å²) in [6.45, 7) is 0. The van der Waals surface area contributed by atoms with Gasteiger partial charge in [0.15, 0.2) is 0 Å². The van der Waals surface area contributed by atoms with Crippen molar-refractivity contribution < 1.29 is 0 Å². The fourth-order valence-corrected chi connectivity index (χ4v) is 2.42. The summed E-state index contributed by atoms with van der Waals surface area (Å²) >= 11 is 7.32. The number of rotatable bonds is 3. The summed E-state index contributed by atoms with van der Waals surface area (Å²) in [5, 5.41) is 10.3. The zero-order valence-electron chi connectivity index (χ0n) is 9.43. The Morgan fingerprint density at radius 1 is 1.28 bits per heavy atom. The van der Waals surface area contributed by atoms with Crippen LogP contribution in [-0.2, 0) is 5.75 Å². The molecule has 1 heterocycles. The molecule has 0 amide bonds. The first kappa shape index (κ1) is 12.7. The molecule has 0 atom stereocenters. The summed E-state index contributed by atoms with van der Waals surface area (Å²) < 4.78 is 0. The minimum Gasteiger partial charge on any atom is -0.395 e. The van der Waals surface area contributed by atoms with E-state index in [4.69, 9.17) is 22.6 Å². The Labute approximate surface area is 115 Å². The summed E-state index contributed by atoms with van der Waals surface area (Å²) in [6, 6.07) is 11.3. The van der Waals surface area contributed by atoms with Gasteiger partial charge in [0, 0.05) is 17.0 Å². The largest absolute Gasteiger partial charge is 0.395 e. The Kier molecular flexibility index (Phi) is 4.08. The number of nitrogens with two attached hydrogens (primary N) is 1. The van der Waals surface area contributed by atoms with E-state index in [0.717, 1.165) is 11.3 Å². The van der Waals surface area contributed by atoms with Crippen molar-refractivity contribution in [3.05, 3.63) is 52.7 Å². The van der Waals surface area contributed by atoms with E-state index in [1.807, 2.05) is 30.3 Å². The number of anilines is 1. The van der Waals surface area contributed by atoms with Crippen LogP contribution in [0.1, 0.15) is 11.1 Å². The molecule has 0 saturated carbocycles. The van der Waals surface area contributed by atoms with Gasteiger partial charge in [0.2, 0.25) is 0 Å². The van der Waals surface area contributed by atoms with Gasteiger partial charge in [0.1, 0.15) is 11.1 Å². The van der Waals surface area contributed by atoms with Crippen molar-refractivity contribution in [3.63, 3.8) is 0 Å². The lowest BCUT2D eigenvalue weighted by molar-refractivity contribution is 1.13. The van der Waals surface area contributed by atoms with Gasteiger partial charge in [-0.1, -0.05) is 35.5 Å². The van der Waals surface area contributed by atoms with Crippen molar-refractivity contribution in [2.24, 2.45) is 0 Å². The van der Waals surface area contributed by atoms with Gasteiger partial charge >= 0.3 is 0 Å². The predicted molar refractivity (Wildman–Crippen MR) is 74.4 cm³/mol. The second kappa shape index (κ2) is 5.76. The average Bonchev–Trinajstić information content (AvgIpc) is 2.39. The van der Waals surface area contributed by atoms with E-state index < -0.39 is 0 Å². The molecule has 0 saturated heterocycles. The van der Waals surface area contributed by atoms with Crippen molar-refractivity contribution in [1.82, 2.24) is 4.98 Å². The standard InChI is InChI=1S/C13H10ClN3S/c14-11-3-1-9(2-4-11)8-18-13-12(16)10(7-15)5-6-17-13/h1-6H,8,16H2. The first-order valence-corrected chi connectivity index (χ1v) is 6.59. The number of hydrogen-bond acceptors (Lipinski definition) is 4. The number of halogens is 1. The molecule has 1 aromatic heterocycles. The Hall–Kier alpha value is -1.70. The van der Waals surface area contributed by atoms with Crippen LogP contribution < -0.4 is 5.73 Å². The SMILES string of the molecule is N#Cc1ccnc(SCc2ccc(Cl)cc2)c1N. The third kappa shape index (κ3) is 2.95. The highest BCUT2D eigenvalue weighted by Crippen LogP contribution is 2.28. The smallest absolute Gasteiger partial charge is 0.121 e. The molecule has 2 aromatic rings. The quantitative estimate of drug-likeness (QED) is 0.871. The maximum atomic E-state index is 8.88. The molecule has 3 nitrogen and oxygen atoms in total. The van der Waals surface area contributed by atoms with Crippen LogP contribution in [-0.4, -0.2) is 4.98 Å². The third-order valence-corrected chi connectivity index (χ3v) is 3.69. The highest BCUT2D eigenvalue weighted by molar-refractivity contribution is 7.98. The summed E-state index contributed by atoms with van der Waals surface area (Å²) in [5.41, 5.74) is 7.89. The molecule has 0 bridgehead atoms. The molecule has 0 aliphatic carbocycles. The van der Waals surface area contributed by atoms with E-state index in [-0.39, 0.29) is 0 Å². The molecule has 2 N–H and O–H groups in total. The van der Waals surface area contributed by atoms with E-state index >= 15 is 0 Å². The second-order valence-electron chi connectivity index (χ2n) is 3.60. The monoisotopic (exact) mass is 275 g/mol.